The summed E-state index contributed by atoms with van der Waals surface area (Å²) in [6, 6.07) is 26.1. The molecule has 2 heteroatoms. The molecule has 4 rings (SSSR count). The molecule has 0 bridgehead atoms. The van der Waals surface area contributed by atoms with E-state index in [2.05, 4.69) is 110 Å². The summed E-state index contributed by atoms with van der Waals surface area (Å²) in [6.07, 6.45) is 2.18. The lowest BCUT2D eigenvalue weighted by Gasteiger charge is -2.24. The van der Waals surface area contributed by atoms with Gasteiger partial charge in [-0.05, 0) is 35.7 Å². The van der Waals surface area contributed by atoms with Crippen molar-refractivity contribution in [2.45, 2.75) is 20.8 Å². The molecule has 0 unspecified atom stereocenters. The zero-order valence-electron chi connectivity index (χ0n) is 16.9. The first-order chi connectivity index (χ1) is 13.7. The maximum atomic E-state index is 3.46. The van der Waals surface area contributed by atoms with Gasteiger partial charge < -0.3 is 4.90 Å². The summed E-state index contributed by atoms with van der Waals surface area (Å²) < 4.78 is 0. The normalized spacial score (nSPS) is 11.0. The predicted molar refractivity (Wildman–Crippen MR) is 120 cm³/mol. The highest BCUT2D eigenvalue weighted by atomic mass is 15.1. The van der Waals surface area contributed by atoms with Crippen molar-refractivity contribution < 1.29 is 4.98 Å². The number of anilines is 1. The van der Waals surface area contributed by atoms with E-state index >= 15 is 0 Å². The number of aryl methyl sites for hydroxylation is 1. The number of nitrogens with zero attached hydrogens (tertiary/aromatic N) is 1. The van der Waals surface area contributed by atoms with Crippen LogP contribution < -0.4 is 9.88 Å². The summed E-state index contributed by atoms with van der Waals surface area (Å²) in [5, 5.41) is 2.55. The van der Waals surface area contributed by atoms with Gasteiger partial charge in [0.25, 0.3) is 0 Å². The van der Waals surface area contributed by atoms with Crippen LogP contribution in [0.2, 0.25) is 0 Å². The third-order valence-electron chi connectivity index (χ3n) is 5.46. The third kappa shape index (κ3) is 3.27. The molecular formula is C26H27N2+. The first-order valence-electron chi connectivity index (χ1n) is 10.1. The van der Waals surface area contributed by atoms with Crippen molar-refractivity contribution in [1.82, 2.24) is 0 Å². The number of pyridine rings is 1. The molecule has 0 radical (unpaired) electrons. The summed E-state index contributed by atoms with van der Waals surface area (Å²) >= 11 is 0. The lowest BCUT2D eigenvalue weighted by atomic mass is 9.89. The van der Waals surface area contributed by atoms with E-state index in [0.717, 1.165) is 13.1 Å². The molecule has 0 atom stereocenters. The second kappa shape index (κ2) is 7.85. The maximum absolute atomic E-state index is 3.46. The highest BCUT2D eigenvalue weighted by Gasteiger charge is 2.20. The average Bonchev–Trinajstić information content (AvgIpc) is 2.75. The quantitative estimate of drug-likeness (QED) is 0.414. The zero-order chi connectivity index (χ0) is 19.5. The van der Waals surface area contributed by atoms with Gasteiger partial charge >= 0.3 is 0 Å². The van der Waals surface area contributed by atoms with Crippen LogP contribution in [-0.4, -0.2) is 13.1 Å². The first kappa shape index (κ1) is 18.2. The van der Waals surface area contributed by atoms with Crippen LogP contribution in [0.3, 0.4) is 0 Å². The summed E-state index contributed by atoms with van der Waals surface area (Å²) in [4.78, 5) is 5.90. The standard InChI is InChI=1S/C26H26N2/c1-4-28(5-2)25-17-19(3)27-18-24(25)26-22-14-10-9-13-21(22)15-16-23(26)20-11-7-6-8-12-20/h6-18H,4-5H2,1-3H3/p+1. The Balaban J connectivity index is 2.09. The molecule has 0 amide bonds. The number of rotatable bonds is 5. The fourth-order valence-corrected chi connectivity index (χ4v) is 4.03. The van der Waals surface area contributed by atoms with Crippen molar-refractivity contribution >= 4 is 16.5 Å². The van der Waals surface area contributed by atoms with E-state index in [1.165, 1.54) is 44.4 Å². The average molecular weight is 368 g/mol. The van der Waals surface area contributed by atoms with Crippen LogP contribution in [0.1, 0.15) is 19.5 Å². The monoisotopic (exact) mass is 367 g/mol. The van der Waals surface area contributed by atoms with Crippen LogP contribution >= 0.6 is 0 Å². The van der Waals surface area contributed by atoms with Crippen LogP contribution in [0.15, 0.2) is 79.0 Å². The van der Waals surface area contributed by atoms with Gasteiger partial charge in [-0.3, -0.25) is 0 Å². The van der Waals surface area contributed by atoms with Crippen LogP contribution in [0.4, 0.5) is 5.69 Å². The Morgan fingerprint density at radius 2 is 1.50 bits per heavy atom. The molecule has 0 aliphatic heterocycles. The van der Waals surface area contributed by atoms with E-state index < -0.39 is 0 Å². The Kier molecular flexibility index (Phi) is 5.12. The van der Waals surface area contributed by atoms with Crippen molar-refractivity contribution in [2.24, 2.45) is 0 Å². The van der Waals surface area contributed by atoms with Crippen molar-refractivity contribution in [3.63, 3.8) is 0 Å². The zero-order valence-corrected chi connectivity index (χ0v) is 16.9. The molecule has 28 heavy (non-hydrogen) atoms. The van der Waals surface area contributed by atoms with E-state index in [4.69, 9.17) is 0 Å². The number of aromatic amines is 1. The van der Waals surface area contributed by atoms with Crippen molar-refractivity contribution in [3.05, 3.63) is 84.7 Å². The Morgan fingerprint density at radius 3 is 2.25 bits per heavy atom. The lowest BCUT2D eigenvalue weighted by Crippen LogP contribution is -2.24. The van der Waals surface area contributed by atoms with E-state index in [1.54, 1.807) is 0 Å². The number of hydrogen-bond donors (Lipinski definition) is 0. The molecule has 1 aromatic heterocycles. The predicted octanol–water partition coefficient (Wildman–Crippen LogP) is 6.14. The lowest BCUT2D eigenvalue weighted by molar-refractivity contribution is -0.386. The molecule has 3 aromatic carbocycles. The first-order valence-corrected chi connectivity index (χ1v) is 10.1. The Labute approximate surface area is 167 Å². The summed E-state index contributed by atoms with van der Waals surface area (Å²) in [6.45, 7) is 8.54. The van der Waals surface area contributed by atoms with Gasteiger partial charge in [0.1, 0.15) is 0 Å². The summed E-state index contributed by atoms with van der Waals surface area (Å²) in [5.74, 6) is 0. The minimum Gasteiger partial charge on any atom is -0.371 e. The topological polar surface area (TPSA) is 17.4 Å². The minimum absolute atomic E-state index is 0.985. The minimum atomic E-state index is 0.985. The largest absolute Gasteiger partial charge is 0.371 e. The van der Waals surface area contributed by atoms with E-state index in [-0.39, 0.29) is 0 Å². The second-order valence-corrected chi connectivity index (χ2v) is 7.16. The number of aromatic nitrogens is 1. The molecule has 0 saturated carbocycles. The Bertz CT molecular complexity index is 1100. The van der Waals surface area contributed by atoms with Crippen LogP contribution in [-0.2, 0) is 0 Å². The Morgan fingerprint density at radius 1 is 0.786 bits per heavy atom. The molecule has 2 nitrogen and oxygen atoms in total. The Hall–Kier alpha value is -3.13. The van der Waals surface area contributed by atoms with E-state index in [9.17, 15) is 0 Å². The van der Waals surface area contributed by atoms with Gasteiger partial charge in [0, 0.05) is 31.6 Å². The second-order valence-electron chi connectivity index (χ2n) is 7.16. The number of nitrogens with one attached hydrogen (secondary N) is 1. The molecule has 0 saturated heterocycles. The molecule has 0 aliphatic rings. The number of fused-ring (bicyclic) bond motifs is 1. The van der Waals surface area contributed by atoms with Crippen LogP contribution in [0.25, 0.3) is 33.0 Å². The number of H-pyrrole nitrogens is 1. The molecule has 140 valence electrons. The van der Waals surface area contributed by atoms with Crippen LogP contribution in [0, 0.1) is 6.92 Å². The SMILES string of the molecule is CCN(CC)c1cc(C)[nH+]cc1-c1c(-c2ccccc2)ccc2ccccc12. The van der Waals surface area contributed by atoms with Crippen molar-refractivity contribution in [3.8, 4) is 22.3 Å². The summed E-state index contributed by atoms with van der Waals surface area (Å²) in [7, 11) is 0. The third-order valence-corrected chi connectivity index (χ3v) is 5.46. The molecule has 1 N–H and O–H groups in total. The molecule has 4 aromatic rings. The molecule has 0 fully saturated rings. The molecule has 0 aliphatic carbocycles. The van der Waals surface area contributed by atoms with Gasteiger partial charge in [0.2, 0.25) is 0 Å². The van der Waals surface area contributed by atoms with Gasteiger partial charge in [-0.25, -0.2) is 4.98 Å². The van der Waals surface area contributed by atoms with Crippen molar-refractivity contribution in [1.29, 1.82) is 0 Å². The number of hydrogen-bond acceptors (Lipinski definition) is 1. The fraction of sp³-hybridized carbons (Fsp3) is 0.192. The smallest absolute Gasteiger partial charge is 0.178 e. The number of benzene rings is 3. The van der Waals surface area contributed by atoms with Crippen molar-refractivity contribution in [2.75, 3.05) is 18.0 Å². The van der Waals surface area contributed by atoms with Gasteiger partial charge in [-0.15, -0.1) is 0 Å². The van der Waals surface area contributed by atoms with Gasteiger partial charge in [0.05, 0.1) is 11.3 Å². The van der Waals surface area contributed by atoms with Gasteiger partial charge in [-0.1, -0.05) is 66.7 Å². The van der Waals surface area contributed by atoms with Gasteiger partial charge in [-0.2, -0.15) is 0 Å². The highest BCUT2D eigenvalue weighted by molar-refractivity contribution is 6.06. The van der Waals surface area contributed by atoms with E-state index in [1.807, 2.05) is 0 Å². The van der Waals surface area contributed by atoms with E-state index in [0.29, 0.717) is 0 Å². The molecule has 1 heterocycles. The molecular weight excluding hydrogens is 340 g/mol. The van der Waals surface area contributed by atoms with Gasteiger partial charge in [0.15, 0.2) is 11.9 Å². The summed E-state index contributed by atoms with van der Waals surface area (Å²) in [5.41, 5.74) is 7.52. The highest BCUT2D eigenvalue weighted by Crippen LogP contribution is 2.41. The fourth-order valence-electron chi connectivity index (χ4n) is 4.03. The maximum Gasteiger partial charge on any atom is 0.178 e. The molecule has 0 spiro atoms. The van der Waals surface area contributed by atoms with Crippen LogP contribution in [0.5, 0.6) is 0 Å².